The number of rotatable bonds is 10. The van der Waals surface area contributed by atoms with Crippen LogP contribution in [0.3, 0.4) is 0 Å². The molecule has 0 rings (SSSR count). The molecule has 0 heterocycles. The monoisotopic (exact) mass is 240 g/mol. The predicted molar refractivity (Wildman–Crippen MR) is 55.4 cm³/mol. The lowest BCUT2D eigenvalue weighted by molar-refractivity contribution is -0.0167. The minimum Gasteiger partial charge on any atom is -0.382 e. The number of hydrogen-bond donors (Lipinski definition) is 0. The van der Waals surface area contributed by atoms with Gasteiger partial charge in [0, 0.05) is 28.4 Å². The SMILES string of the molecule is COCCOCCO[Si](OC)(OC)OC. The minimum absolute atomic E-state index is 0.367. The Balaban J connectivity index is 3.54. The Morgan fingerprint density at radius 2 is 1.27 bits per heavy atom. The molecule has 0 aromatic carbocycles. The van der Waals surface area contributed by atoms with Crippen molar-refractivity contribution in [2.24, 2.45) is 0 Å². The molecule has 0 aromatic heterocycles. The average Bonchev–Trinajstić information content (AvgIpc) is 2.29. The molecule has 0 N–H and O–H groups in total. The Morgan fingerprint density at radius 3 is 1.73 bits per heavy atom. The van der Waals surface area contributed by atoms with Crippen molar-refractivity contribution < 1.29 is 27.2 Å². The second-order valence-corrected chi connectivity index (χ2v) is 5.08. The van der Waals surface area contributed by atoms with Crippen LogP contribution in [0.5, 0.6) is 0 Å². The van der Waals surface area contributed by atoms with Crippen molar-refractivity contribution in [3.05, 3.63) is 0 Å². The predicted octanol–water partition coefficient (Wildman–Crippen LogP) is 0.0408. The summed E-state index contributed by atoms with van der Waals surface area (Å²) in [4.78, 5) is 0. The van der Waals surface area contributed by atoms with E-state index in [1.54, 1.807) is 7.11 Å². The van der Waals surface area contributed by atoms with E-state index in [9.17, 15) is 0 Å². The number of methoxy groups -OCH3 is 1. The van der Waals surface area contributed by atoms with Gasteiger partial charge in [0.25, 0.3) is 0 Å². The number of ether oxygens (including phenoxy) is 2. The number of hydrogen-bond acceptors (Lipinski definition) is 6. The molecule has 0 aliphatic rings. The summed E-state index contributed by atoms with van der Waals surface area (Å²) in [5.41, 5.74) is 0. The molecule has 0 radical (unpaired) electrons. The van der Waals surface area contributed by atoms with Crippen molar-refractivity contribution in [3.63, 3.8) is 0 Å². The molecule has 92 valence electrons. The first-order valence-corrected chi connectivity index (χ1v) is 6.24. The molecule has 0 unspecified atom stereocenters. The summed E-state index contributed by atoms with van der Waals surface area (Å²) in [6.07, 6.45) is 0. The second kappa shape index (κ2) is 9.22. The van der Waals surface area contributed by atoms with Gasteiger partial charge in [-0.2, -0.15) is 0 Å². The van der Waals surface area contributed by atoms with Crippen molar-refractivity contribution in [3.8, 4) is 0 Å². The van der Waals surface area contributed by atoms with Crippen LogP contribution in [-0.2, 0) is 27.2 Å². The molecule has 0 aromatic rings. The van der Waals surface area contributed by atoms with Crippen molar-refractivity contribution in [2.45, 2.75) is 0 Å². The fourth-order valence-electron chi connectivity index (χ4n) is 0.897. The minimum atomic E-state index is -2.90. The lowest BCUT2D eigenvalue weighted by Crippen LogP contribution is -2.47. The molecule has 0 atom stereocenters. The molecule has 0 saturated carbocycles. The second-order valence-electron chi connectivity index (χ2n) is 2.57. The smallest absolute Gasteiger partial charge is 0.382 e. The van der Waals surface area contributed by atoms with Gasteiger partial charge in [-0.15, -0.1) is 0 Å². The van der Waals surface area contributed by atoms with E-state index in [0.29, 0.717) is 26.4 Å². The summed E-state index contributed by atoms with van der Waals surface area (Å²) >= 11 is 0. The van der Waals surface area contributed by atoms with Gasteiger partial charge < -0.3 is 27.2 Å². The van der Waals surface area contributed by atoms with Gasteiger partial charge in [0.2, 0.25) is 0 Å². The van der Waals surface area contributed by atoms with Crippen LogP contribution in [0.2, 0.25) is 0 Å². The Hall–Kier alpha value is -0.0231. The quantitative estimate of drug-likeness (QED) is 0.397. The van der Waals surface area contributed by atoms with Gasteiger partial charge in [0.05, 0.1) is 26.4 Å². The zero-order valence-electron chi connectivity index (χ0n) is 9.78. The van der Waals surface area contributed by atoms with E-state index < -0.39 is 9.05 Å². The first-order valence-electron chi connectivity index (χ1n) is 4.60. The first-order chi connectivity index (χ1) is 7.24. The highest BCUT2D eigenvalue weighted by atomic mass is 28.4. The van der Waals surface area contributed by atoms with E-state index in [-0.39, 0.29) is 0 Å². The summed E-state index contributed by atoms with van der Waals surface area (Å²) in [6, 6.07) is 0. The molecule has 0 saturated heterocycles. The van der Waals surface area contributed by atoms with E-state index in [1.165, 1.54) is 21.3 Å². The summed E-state index contributed by atoms with van der Waals surface area (Å²) in [6.45, 7) is 1.93. The highest BCUT2D eigenvalue weighted by Crippen LogP contribution is 2.06. The van der Waals surface area contributed by atoms with Crippen molar-refractivity contribution in [1.82, 2.24) is 0 Å². The summed E-state index contributed by atoms with van der Waals surface area (Å²) in [5.74, 6) is 0. The molecule has 0 aliphatic carbocycles. The van der Waals surface area contributed by atoms with Crippen molar-refractivity contribution >= 4 is 9.05 Å². The maximum absolute atomic E-state index is 5.36. The highest BCUT2D eigenvalue weighted by Gasteiger charge is 2.41. The fraction of sp³-hybridized carbons (Fsp3) is 1.00. The van der Waals surface area contributed by atoms with E-state index >= 15 is 0 Å². The molecule has 15 heavy (non-hydrogen) atoms. The van der Waals surface area contributed by atoms with Gasteiger partial charge in [0.1, 0.15) is 0 Å². The van der Waals surface area contributed by atoms with Crippen molar-refractivity contribution in [1.29, 1.82) is 0 Å². The fourth-order valence-corrected chi connectivity index (χ4v) is 2.08. The van der Waals surface area contributed by atoms with Crippen molar-refractivity contribution in [2.75, 3.05) is 54.9 Å². The van der Waals surface area contributed by atoms with Gasteiger partial charge in [-0.3, -0.25) is 0 Å². The van der Waals surface area contributed by atoms with Crippen LogP contribution in [-0.4, -0.2) is 63.9 Å². The largest absolute Gasteiger partial charge is 0.678 e. The maximum Gasteiger partial charge on any atom is 0.678 e. The van der Waals surface area contributed by atoms with E-state index in [4.69, 9.17) is 27.2 Å². The molecular weight excluding hydrogens is 220 g/mol. The Kier molecular flexibility index (Phi) is 9.21. The van der Waals surface area contributed by atoms with Crippen LogP contribution in [0.4, 0.5) is 0 Å². The van der Waals surface area contributed by atoms with Gasteiger partial charge >= 0.3 is 9.05 Å². The topological polar surface area (TPSA) is 55.4 Å². The molecule has 0 spiro atoms. The Labute approximate surface area is 91.8 Å². The Bertz CT molecular complexity index is 133. The normalized spacial score (nSPS) is 12.0. The standard InChI is InChI=1S/C8H20O6Si/c1-9-5-6-13-7-8-14-15(10-2,11-3)12-4/h5-8H2,1-4H3. The molecular formula is C8H20O6Si. The average molecular weight is 240 g/mol. The van der Waals surface area contributed by atoms with Gasteiger partial charge in [-0.05, 0) is 0 Å². The van der Waals surface area contributed by atoms with E-state index in [0.717, 1.165) is 0 Å². The van der Waals surface area contributed by atoms with Gasteiger partial charge in [-0.25, -0.2) is 0 Å². The third-order valence-corrected chi connectivity index (χ3v) is 3.75. The zero-order valence-corrected chi connectivity index (χ0v) is 10.8. The molecule has 0 bridgehead atoms. The molecule has 0 amide bonds. The molecule has 7 heteroatoms. The molecule has 0 aliphatic heterocycles. The maximum atomic E-state index is 5.36. The van der Waals surface area contributed by atoms with Gasteiger partial charge in [0.15, 0.2) is 0 Å². The molecule has 6 nitrogen and oxygen atoms in total. The first kappa shape index (κ1) is 15.0. The van der Waals surface area contributed by atoms with Gasteiger partial charge in [-0.1, -0.05) is 0 Å². The van der Waals surface area contributed by atoms with Crippen LogP contribution < -0.4 is 0 Å². The van der Waals surface area contributed by atoms with Crippen LogP contribution in [0.1, 0.15) is 0 Å². The zero-order chi connectivity index (χ0) is 11.6. The highest BCUT2D eigenvalue weighted by molar-refractivity contribution is 6.53. The summed E-state index contributed by atoms with van der Waals surface area (Å²) < 4.78 is 30.6. The third kappa shape index (κ3) is 6.20. The van der Waals surface area contributed by atoms with Crippen LogP contribution >= 0.6 is 0 Å². The van der Waals surface area contributed by atoms with Crippen LogP contribution in [0, 0.1) is 0 Å². The molecule has 0 fully saturated rings. The summed E-state index contributed by atoms with van der Waals surface area (Å²) in [5, 5.41) is 0. The lowest BCUT2D eigenvalue weighted by atomic mass is 10.7. The van der Waals surface area contributed by atoms with E-state index in [1.807, 2.05) is 0 Å². The van der Waals surface area contributed by atoms with E-state index in [2.05, 4.69) is 0 Å². The summed E-state index contributed by atoms with van der Waals surface area (Å²) in [7, 11) is 3.20. The lowest BCUT2D eigenvalue weighted by Gasteiger charge is -2.22. The van der Waals surface area contributed by atoms with Crippen LogP contribution in [0.15, 0.2) is 0 Å². The van der Waals surface area contributed by atoms with Crippen LogP contribution in [0.25, 0.3) is 0 Å². The third-order valence-electron chi connectivity index (χ3n) is 1.69. The Morgan fingerprint density at radius 1 is 0.733 bits per heavy atom.